The van der Waals surface area contributed by atoms with E-state index < -0.39 is 6.09 Å². The zero-order chi connectivity index (χ0) is 9.42. The molecule has 0 aromatic carbocycles. The number of cyclic esters (lactones) is 1. The van der Waals surface area contributed by atoms with Gasteiger partial charge in [0.2, 0.25) is 11.2 Å². The molecule has 0 spiro atoms. The van der Waals surface area contributed by atoms with Crippen molar-refractivity contribution in [3.05, 3.63) is 5.28 Å². The first kappa shape index (κ1) is 8.31. The summed E-state index contributed by atoms with van der Waals surface area (Å²) >= 11 is 5.57. The van der Waals surface area contributed by atoms with Crippen LogP contribution >= 0.6 is 11.6 Å². The lowest BCUT2D eigenvalue weighted by Crippen LogP contribution is -2.26. The number of amides is 1. The highest BCUT2D eigenvalue weighted by Crippen LogP contribution is 2.16. The molecular formula is C6H7ClN4O2. The molecule has 1 fully saturated rings. The minimum Gasteiger partial charge on any atom is -0.447 e. The number of nitrogens with zero attached hydrogens (tertiary/aromatic N) is 4. The maximum absolute atomic E-state index is 11.1. The normalized spacial score (nSPS) is 16.5. The van der Waals surface area contributed by atoms with E-state index >= 15 is 0 Å². The summed E-state index contributed by atoms with van der Waals surface area (Å²) in [5.74, 6) is 0.410. The number of hydrogen-bond acceptors (Lipinski definition) is 4. The van der Waals surface area contributed by atoms with Crippen LogP contribution in [0.25, 0.3) is 0 Å². The molecule has 2 heterocycles. The Hall–Kier alpha value is -1.30. The van der Waals surface area contributed by atoms with E-state index in [-0.39, 0.29) is 5.28 Å². The molecule has 1 amide bonds. The van der Waals surface area contributed by atoms with Crippen molar-refractivity contribution in [2.75, 3.05) is 18.1 Å². The minimum atomic E-state index is -0.410. The summed E-state index contributed by atoms with van der Waals surface area (Å²) in [5, 5.41) is 3.93. The van der Waals surface area contributed by atoms with Gasteiger partial charge in [-0.2, -0.15) is 4.98 Å². The van der Waals surface area contributed by atoms with Gasteiger partial charge < -0.3 is 4.74 Å². The number of carbonyl (C=O) groups excluding carboxylic acids is 1. The summed E-state index contributed by atoms with van der Waals surface area (Å²) in [4.78, 5) is 16.4. The number of aromatic nitrogens is 3. The Morgan fingerprint density at radius 2 is 2.38 bits per heavy atom. The fourth-order valence-electron chi connectivity index (χ4n) is 1.16. The van der Waals surface area contributed by atoms with Crippen molar-refractivity contribution in [2.24, 2.45) is 7.05 Å². The van der Waals surface area contributed by atoms with Gasteiger partial charge >= 0.3 is 6.09 Å². The molecule has 0 aliphatic carbocycles. The van der Waals surface area contributed by atoms with Crippen LogP contribution in [-0.4, -0.2) is 34.0 Å². The molecule has 70 valence electrons. The molecule has 0 bridgehead atoms. The number of aryl methyl sites for hydroxylation is 1. The summed E-state index contributed by atoms with van der Waals surface area (Å²) < 4.78 is 6.19. The fraction of sp³-hybridized carbons (Fsp3) is 0.500. The van der Waals surface area contributed by atoms with Crippen molar-refractivity contribution in [3.8, 4) is 0 Å². The van der Waals surface area contributed by atoms with Gasteiger partial charge in [-0.3, -0.25) is 0 Å². The zero-order valence-electron chi connectivity index (χ0n) is 6.90. The van der Waals surface area contributed by atoms with Gasteiger partial charge in [0.15, 0.2) is 0 Å². The van der Waals surface area contributed by atoms with E-state index in [9.17, 15) is 4.79 Å². The quantitative estimate of drug-likeness (QED) is 0.663. The number of carbonyl (C=O) groups is 1. The first-order chi connectivity index (χ1) is 6.18. The number of hydrogen-bond donors (Lipinski definition) is 0. The van der Waals surface area contributed by atoms with E-state index in [0.717, 1.165) is 0 Å². The maximum atomic E-state index is 11.1. The van der Waals surface area contributed by atoms with Crippen LogP contribution in [0.1, 0.15) is 0 Å². The molecule has 1 aromatic heterocycles. The monoisotopic (exact) mass is 202 g/mol. The Bertz CT molecular complexity index is 350. The van der Waals surface area contributed by atoms with Gasteiger partial charge in [-0.05, 0) is 11.6 Å². The number of rotatable bonds is 1. The van der Waals surface area contributed by atoms with Crippen LogP contribution in [0.2, 0.25) is 5.28 Å². The Labute approximate surface area is 79.1 Å². The molecular weight excluding hydrogens is 196 g/mol. The standard InChI is InChI=1S/C6H7ClN4O2/c1-10-5(8-4(7)9-10)11-2-3-13-6(11)12/h2-3H2,1H3. The molecule has 0 radical (unpaired) electrons. The van der Waals surface area contributed by atoms with Crippen molar-refractivity contribution in [1.29, 1.82) is 0 Å². The first-order valence-corrected chi connectivity index (χ1v) is 4.07. The molecule has 0 N–H and O–H groups in total. The molecule has 1 saturated heterocycles. The first-order valence-electron chi connectivity index (χ1n) is 3.69. The van der Waals surface area contributed by atoms with Gasteiger partial charge in [0.05, 0.1) is 6.54 Å². The summed E-state index contributed by atoms with van der Waals surface area (Å²) in [6.07, 6.45) is -0.410. The van der Waals surface area contributed by atoms with E-state index in [1.54, 1.807) is 7.05 Å². The van der Waals surface area contributed by atoms with Crippen LogP contribution < -0.4 is 4.90 Å². The molecule has 0 atom stereocenters. The van der Waals surface area contributed by atoms with Crippen LogP contribution in [0.5, 0.6) is 0 Å². The van der Waals surface area contributed by atoms with Gasteiger partial charge in [0, 0.05) is 7.05 Å². The minimum absolute atomic E-state index is 0.122. The van der Waals surface area contributed by atoms with Gasteiger partial charge in [0.1, 0.15) is 6.61 Å². The third kappa shape index (κ3) is 1.33. The van der Waals surface area contributed by atoms with E-state index in [0.29, 0.717) is 19.1 Å². The van der Waals surface area contributed by atoms with Gasteiger partial charge in [-0.1, -0.05) is 0 Å². The molecule has 13 heavy (non-hydrogen) atoms. The third-order valence-electron chi connectivity index (χ3n) is 1.72. The zero-order valence-corrected chi connectivity index (χ0v) is 7.65. The molecule has 1 aliphatic heterocycles. The van der Waals surface area contributed by atoms with Crippen LogP contribution in [0.3, 0.4) is 0 Å². The molecule has 6 nitrogen and oxygen atoms in total. The second-order valence-corrected chi connectivity index (χ2v) is 2.91. The van der Waals surface area contributed by atoms with Gasteiger partial charge in [-0.15, -0.1) is 5.10 Å². The molecule has 2 rings (SSSR count). The predicted molar refractivity (Wildman–Crippen MR) is 44.7 cm³/mol. The summed E-state index contributed by atoms with van der Waals surface area (Å²) in [7, 11) is 1.67. The third-order valence-corrected chi connectivity index (χ3v) is 1.88. The number of anilines is 1. The molecule has 0 saturated carbocycles. The lowest BCUT2D eigenvalue weighted by molar-refractivity contribution is 0.181. The Morgan fingerprint density at radius 1 is 1.62 bits per heavy atom. The summed E-state index contributed by atoms with van der Waals surface area (Å²) in [6.45, 7) is 0.866. The molecule has 1 aliphatic rings. The average Bonchev–Trinajstić information content (AvgIpc) is 2.58. The molecule has 0 unspecified atom stereocenters. The van der Waals surface area contributed by atoms with Crippen molar-refractivity contribution in [2.45, 2.75) is 0 Å². The predicted octanol–water partition coefficient (Wildman–Crippen LogP) is 0.425. The van der Waals surface area contributed by atoms with Gasteiger partial charge in [-0.25, -0.2) is 14.4 Å². The Morgan fingerprint density at radius 3 is 2.85 bits per heavy atom. The smallest absolute Gasteiger partial charge is 0.416 e. The second-order valence-electron chi connectivity index (χ2n) is 2.57. The van der Waals surface area contributed by atoms with Gasteiger partial charge in [0.25, 0.3) is 0 Å². The Kier molecular flexibility index (Phi) is 1.84. The van der Waals surface area contributed by atoms with Crippen molar-refractivity contribution < 1.29 is 9.53 Å². The van der Waals surface area contributed by atoms with E-state index in [4.69, 9.17) is 16.3 Å². The largest absolute Gasteiger partial charge is 0.447 e. The fourth-order valence-corrected chi connectivity index (χ4v) is 1.34. The van der Waals surface area contributed by atoms with Crippen LogP contribution in [0, 0.1) is 0 Å². The molecule has 7 heteroatoms. The Balaban J connectivity index is 2.34. The topological polar surface area (TPSA) is 60.3 Å². The van der Waals surface area contributed by atoms with Crippen LogP contribution in [0.15, 0.2) is 0 Å². The number of ether oxygens (including phenoxy) is 1. The van der Waals surface area contributed by atoms with E-state index in [1.165, 1.54) is 9.58 Å². The highest BCUT2D eigenvalue weighted by Gasteiger charge is 2.27. The van der Waals surface area contributed by atoms with E-state index in [2.05, 4.69) is 10.1 Å². The average molecular weight is 203 g/mol. The van der Waals surface area contributed by atoms with E-state index in [1.807, 2.05) is 0 Å². The summed E-state index contributed by atoms with van der Waals surface area (Å²) in [5.41, 5.74) is 0. The maximum Gasteiger partial charge on any atom is 0.416 e. The van der Waals surface area contributed by atoms with Crippen molar-refractivity contribution >= 4 is 23.6 Å². The lowest BCUT2D eigenvalue weighted by Gasteiger charge is -2.09. The highest BCUT2D eigenvalue weighted by molar-refractivity contribution is 6.28. The SMILES string of the molecule is Cn1nc(Cl)nc1N1CCOC1=O. The summed E-state index contributed by atoms with van der Waals surface area (Å²) in [6, 6.07) is 0. The van der Waals surface area contributed by atoms with Crippen LogP contribution in [-0.2, 0) is 11.8 Å². The lowest BCUT2D eigenvalue weighted by atomic mass is 10.6. The molecule has 1 aromatic rings. The highest BCUT2D eigenvalue weighted by atomic mass is 35.5. The van der Waals surface area contributed by atoms with Crippen molar-refractivity contribution in [1.82, 2.24) is 14.8 Å². The number of halogens is 1. The van der Waals surface area contributed by atoms with Crippen molar-refractivity contribution in [3.63, 3.8) is 0 Å². The second kappa shape index (κ2) is 2.88. The van der Waals surface area contributed by atoms with Crippen LogP contribution in [0.4, 0.5) is 10.7 Å².